The molecule has 0 radical (unpaired) electrons. The fourth-order valence-electron chi connectivity index (χ4n) is 1.26. The highest BCUT2D eigenvalue weighted by Crippen LogP contribution is 2.19. The van der Waals surface area contributed by atoms with Crippen LogP contribution in [-0.4, -0.2) is 21.2 Å². The van der Waals surface area contributed by atoms with E-state index in [2.05, 4.69) is 5.32 Å². The van der Waals surface area contributed by atoms with Crippen molar-refractivity contribution in [1.82, 2.24) is 5.32 Å². The van der Waals surface area contributed by atoms with Crippen molar-refractivity contribution in [3.05, 3.63) is 29.3 Å². The van der Waals surface area contributed by atoms with Gasteiger partial charge in [-0.15, -0.1) is 0 Å². The molecule has 0 aliphatic carbocycles. The predicted octanol–water partition coefficient (Wildman–Crippen LogP) is 0.702. The summed E-state index contributed by atoms with van der Waals surface area (Å²) in [6.07, 6.45) is 0.878. The Morgan fingerprint density at radius 2 is 2.00 bits per heavy atom. The quantitative estimate of drug-likeness (QED) is 0.553. The summed E-state index contributed by atoms with van der Waals surface area (Å²) >= 11 is 0. The molecule has 0 amide bonds. The molecule has 4 heteroatoms. The minimum Gasteiger partial charge on any atom is -0.508 e. The van der Waals surface area contributed by atoms with Crippen molar-refractivity contribution in [2.75, 3.05) is 0 Å². The van der Waals surface area contributed by atoms with Gasteiger partial charge in [-0.05, 0) is 18.1 Å². The van der Waals surface area contributed by atoms with E-state index in [1.54, 1.807) is 6.07 Å². The molecule has 0 aromatic heterocycles. The molecule has 0 saturated carbocycles. The minimum absolute atomic E-state index is 0.156. The molecule has 4 nitrogen and oxygen atoms in total. The summed E-state index contributed by atoms with van der Waals surface area (Å²) in [4.78, 5) is 0. The van der Waals surface area contributed by atoms with E-state index >= 15 is 0 Å². The SMILES string of the molecule is CCc1ccc(O)c(CNC(C)(O)O)c1. The molecule has 0 fully saturated rings. The zero-order valence-corrected chi connectivity index (χ0v) is 8.99. The van der Waals surface area contributed by atoms with E-state index in [0.717, 1.165) is 12.0 Å². The van der Waals surface area contributed by atoms with Crippen LogP contribution in [0.1, 0.15) is 25.0 Å². The number of aromatic hydroxyl groups is 1. The Hall–Kier alpha value is -1.10. The first kappa shape index (κ1) is 12.0. The highest BCUT2D eigenvalue weighted by Gasteiger charge is 2.14. The molecule has 0 unspecified atom stereocenters. The van der Waals surface area contributed by atoms with Crippen LogP contribution in [0, 0.1) is 0 Å². The van der Waals surface area contributed by atoms with Gasteiger partial charge in [0.2, 0.25) is 5.91 Å². The van der Waals surface area contributed by atoms with Crippen LogP contribution < -0.4 is 5.32 Å². The van der Waals surface area contributed by atoms with Crippen LogP contribution in [0.3, 0.4) is 0 Å². The lowest BCUT2D eigenvalue weighted by molar-refractivity contribution is -0.170. The molecule has 1 aromatic rings. The topological polar surface area (TPSA) is 72.7 Å². The molecule has 0 aliphatic heterocycles. The van der Waals surface area contributed by atoms with Crippen LogP contribution in [0.5, 0.6) is 5.75 Å². The van der Waals surface area contributed by atoms with Gasteiger partial charge in [0.15, 0.2) is 0 Å². The second-order valence-electron chi connectivity index (χ2n) is 3.69. The first-order chi connectivity index (χ1) is 6.92. The number of nitrogens with one attached hydrogen (secondary N) is 1. The van der Waals surface area contributed by atoms with Gasteiger partial charge in [0.05, 0.1) is 0 Å². The van der Waals surface area contributed by atoms with Crippen LogP contribution >= 0.6 is 0 Å². The Morgan fingerprint density at radius 3 is 2.53 bits per heavy atom. The molecule has 1 rings (SSSR count). The van der Waals surface area contributed by atoms with E-state index in [-0.39, 0.29) is 12.3 Å². The summed E-state index contributed by atoms with van der Waals surface area (Å²) in [5, 5.41) is 30.1. The summed E-state index contributed by atoms with van der Waals surface area (Å²) in [7, 11) is 0. The van der Waals surface area contributed by atoms with Crippen LogP contribution in [-0.2, 0) is 13.0 Å². The third-order valence-electron chi connectivity index (χ3n) is 2.17. The molecule has 0 aliphatic rings. The number of aliphatic hydroxyl groups is 2. The number of benzene rings is 1. The van der Waals surface area contributed by atoms with Crippen molar-refractivity contribution in [2.45, 2.75) is 32.7 Å². The lowest BCUT2D eigenvalue weighted by atomic mass is 10.1. The van der Waals surface area contributed by atoms with Crippen molar-refractivity contribution in [3.8, 4) is 5.75 Å². The van der Waals surface area contributed by atoms with E-state index in [1.807, 2.05) is 19.1 Å². The summed E-state index contributed by atoms with van der Waals surface area (Å²) in [5.41, 5.74) is 1.76. The van der Waals surface area contributed by atoms with Gasteiger partial charge in [0.25, 0.3) is 0 Å². The lowest BCUT2D eigenvalue weighted by Crippen LogP contribution is -2.41. The maximum Gasteiger partial charge on any atom is 0.219 e. The first-order valence-corrected chi connectivity index (χ1v) is 4.93. The van der Waals surface area contributed by atoms with Crippen LogP contribution in [0.2, 0.25) is 0 Å². The first-order valence-electron chi connectivity index (χ1n) is 4.93. The summed E-state index contributed by atoms with van der Waals surface area (Å²) in [6.45, 7) is 3.46. The molecule has 15 heavy (non-hydrogen) atoms. The van der Waals surface area contributed by atoms with Gasteiger partial charge < -0.3 is 15.3 Å². The average molecular weight is 211 g/mol. The third kappa shape index (κ3) is 3.87. The Bertz CT molecular complexity index is 331. The second-order valence-corrected chi connectivity index (χ2v) is 3.69. The Labute approximate surface area is 89.2 Å². The number of hydrogen-bond acceptors (Lipinski definition) is 4. The lowest BCUT2D eigenvalue weighted by Gasteiger charge is -2.18. The summed E-state index contributed by atoms with van der Waals surface area (Å²) < 4.78 is 0. The fraction of sp³-hybridized carbons (Fsp3) is 0.455. The molecule has 84 valence electrons. The molecule has 0 spiro atoms. The van der Waals surface area contributed by atoms with Gasteiger partial charge in [0, 0.05) is 19.0 Å². The smallest absolute Gasteiger partial charge is 0.219 e. The van der Waals surface area contributed by atoms with E-state index < -0.39 is 5.91 Å². The van der Waals surface area contributed by atoms with Gasteiger partial charge >= 0.3 is 0 Å². The second kappa shape index (κ2) is 4.61. The molecule has 4 N–H and O–H groups in total. The molecular formula is C11H17NO3. The number of aryl methyl sites for hydroxylation is 1. The predicted molar refractivity (Wildman–Crippen MR) is 57.2 cm³/mol. The van der Waals surface area contributed by atoms with Gasteiger partial charge in [0.1, 0.15) is 5.75 Å². The number of phenols is 1. The summed E-state index contributed by atoms with van der Waals surface area (Å²) in [6, 6.07) is 5.30. The van der Waals surface area contributed by atoms with Crippen molar-refractivity contribution >= 4 is 0 Å². The molecule has 0 atom stereocenters. The van der Waals surface area contributed by atoms with Gasteiger partial charge in [-0.1, -0.05) is 19.1 Å². The van der Waals surface area contributed by atoms with Crippen LogP contribution in [0.15, 0.2) is 18.2 Å². The van der Waals surface area contributed by atoms with Gasteiger partial charge in [-0.25, -0.2) is 0 Å². The van der Waals surface area contributed by atoms with E-state index in [0.29, 0.717) is 5.56 Å². The number of phenolic OH excluding ortho intramolecular Hbond substituents is 1. The van der Waals surface area contributed by atoms with E-state index in [9.17, 15) is 5.11 Å². The average Bonchev–Trinajstić information content (AvgIpc) is 2.15. The monoisotopic (exact) mass is 211 g/mol. The highest BCUT2D eigenvalue weighted by atomic mass is 16.5. The Balaban J connectivity index is 2.75. The van der Waals surface area contributed by atoms with Crippen molar-refractivity contribution < 1.29 is 15.3 Å². The zero-order valence-electron chi connectivity index (χ0n) is 8.99. The molecule has 0 heterocycles. The van der Waals surface area contributed by atoms with E-state index in [1.165, 1.54) is 6.92 Å². The standard InChI is InChI=1S/C11H17NO3/c1-3-8-4-5-10(13)9(6-8)7-12-11(2,14)15/h4-6,12-15H,3,7H2,1-2H3. The number of rotatable bonds is 4. The third-order valence-corrected chi connectivity index (χ3v) is 2.17. The van der Waals surface area contributed by atoms with Crippen molar-refractivity contribution in [3.63, 3.8) is 0 Å². The zero-order chi connectivity index (χ0) is 11.5. The normalized spacial score (nSPS) is 11.7. The van der Waals surface area contributed by atoms with Gasteiger partial charge in [-0.2, -0.15) is 0 Å². The molecular weight excluding hydrogens is 194 g/mol. The maximum atomic E-state index is 9.52. The van der Waals surface area contributed by atoms with E-state index in [4.69, 9.17) is 10.2 Å². The Morgan fingerprint density at radius 1 is 1.33 bits per heavy atom. The minimum atomic E-state index is -1.92. The highest BCUT2D eigenvalue weighted by molar-refractivity contribution is 5.36. The van der Waals surface area contributed by atoms with Crippen LogP contribution in [0.25, 0.3) is 0 Å². The maximum absolute atomic E-state index is 9.52. The fourth-order valence-corrected chi connectivity index (χ4v) is 1.26. The van der Waals surface area contributed by atoms with Crippen molar-refractivity contribution in [1.29, 1.82) is 0 Å². The summed E-state index contributed by atoms with van der Waals surface area (Å²) in [5.74, 6) is -1.77. The largest absolute Gasteiger partial charge is 0.508 e. The Kier molecular flexibility index (Phi) is 3.68. The van der Waals surface area contributed by atoms with Gasteiger partial charge in [-0.3, -0.25) is 5.32 Å². The molecule has 0 saturated heterocycles. The molecule has 0 bridgehead atoms. The van der Waals surface area contributed by atoms with Crippen molar-refractivity contribution in [2.24, 2.45) is 0 Å². The number of hydrogen-bond donors (Lipinski definition) is 4. The van der Waals surface area contributed by atoms with Crippen LogP contribution in [0.4, 0.5) is 0 Å². The molecule has 1 aromatic carbocycles.